The van der Waals surface area contributed by atoms with Crippen LogP contribution in [-0.2, 0) is 13.0 Å². The van der Waals surface area contributed by atoms with Gasteiger partial charge in [-0.1, -0.05) is 18.2 Å². The number of phenolic OH excluding ortho intramolecular Hbond substituents is 1. The molecule has 2 aromatic carbocycles. The van der Waals surface area contributed by atoms with Gasteiger partial charge in [0.25, 0.3) is 0 Å². The van der Waals surface area contributed by atoms with Crippen LogP contribution in [0.25, 0.3) is 10.8 Å². The molecule has 5 aliphatic rings. The minimum Gasteiger partial charge on any atom is -0.508 e. The first-order valence-corrected chi connectivity index (χ1v) is 15.8. The van der Waals surface area contributed by atoms with Gasteiger partial charge in [0.2, 0.25) is 0 Å². The predicted molar refractivity (Wildman–Crippen MR) is 162 cm³/mol. The third-order valence-corrected chi connectivity index (χ3v) is 10.3. The number of aromatic hydroxyl groups is 1. The van der Waals surface area contributed by atoms with Crippen molar-refractivity contribution in [2.45, 2.75) is 70.2 Å². The fourth-order valence-electron chi connectivity index (χ4n) is 7.86. The number of halogens is 1. The number of alkyl halides is 1. The summed E-state index contributed by atoms with van der Waals surface area (Å²) in [6.07, 6.45) is 5.44. The molecule has 0 radical (unpaired) electrons. The number of aromatic nitrogens is 2. The Hall–Kier alpha value is -3.17. The molecule has 42 heavy (non-hydrogen) atoms. The average Bonchev–Trinajstić information content (AvgIpc) is 3.50. The summed E-state index contributed by atoms with van der Waals surface area (Å²) in [6, 6.07) is 11.5. The molecule has 1 saturated carbocycles. The van der Waals surface area contributed by atoms with Gasteiger partial charge in [-0.25, -0.2) is 4.39 Å². The molecule has 0 spiro atoms. The molecule has 8 rings (SSSR count). The lowest BCUT2D eigenvalue weighted by Gasteiger charge is -2.37. The Bertz CT molecular complexity index is 1500. The summed E-state index contributed by atoms with van der Waals surface area (Å²) in [5.74, 6) is 1.32. The van der Waals surface area contributed by atoms with E-state index in [1.165, 1.54) is 29.4 Å². The zero-order valence-corrected chi connectivity index (χ0v) is 24.5. The third kappa shape index (κ3) is 4.94. The number of nitrogens with zero attached hydrogens (tertiary/aromatic N) is 5. The van der Waals surface area contributed by atoms with Gasteiger partial charge < -0.3 is 25.0 Å². The van der Waals surface area contributed by atoms with Crippen LogP contribution in [0.5, 0.6) is 11.8 Å². The minimum atomic E-state index is -0.696. The van der Waals surface area contributed by atoms with Crippen LogP contribution in [0.1, 0.15) is 48.9 Å². The summed E-state index contributed by atoms with van der Waals surface area (Å²) in [5, 5.41) is 16.6. The number of aryl methyl sites for hydroxylation is 1. The van der Waals surface area contributed by atoms with E-state index in [1.807, 2.05) is 18.2 Å². The SMILES string of the molecule is Cc1cccc2cc(O)cc(N3CCc4c(nc(OCC5(CN6CCC(F)C6)CC5)nc4N4CC5CCC(C4)N5)C3)c12. The van der Waals surface area contributed by atoms with Crippen LogP contribution in [0.3, 0.4) is 0 Å². The van der Waals surface area contributed by atoms with E-state index >= 15 is 0 Å². The summed E-state index contributed by atoms with van der Waals surface area (Å²) in [5.41, 5.74) is 4.58. The number of nitrogens with one attached hydrogen (secondary N) is 1. The van der Waals surface area contributed by atoms with Crippen molar-refractivity contribution in [3.8, 4) is 11.8 Å². The molecule has 2 N–H and O–H groups in total. The van der Waals surface area contributed by atoms with Gasteiger partial charge in [-0.15, -0.1) is 0 Å². The van der Waals surface area contributed by atoms with Gasteiger partial charge in [0.05, 0.1) is 18.8 Å². The summed E-state index contributed by atoms with van der Waals surface area (Å²) in [7, 11) is 0. The van der Waals surface area contributed by atoms with E-state index in [1.54, 1.807) is 0 Å². The Morgan fingerprint density at radius 3 is 2.64 bits per heavy atom. The second-order valence-electron chi connectivity index (χ2n) is 13.5. The summed E-state index contributed by atoms with van der Waals surface area (Å²) in [6.45, 7) is 8.39. The van der Waals surface area contributed by atoms with Gasteiger partial charge in [-0.2, -0.15) is 9.97 Å². The molecule has 4 aliphatic heterocycles. The molecule has 0 amide bonds. The van der Waals surface area contributed by atoms with Gasteiger partial charge in [0.1, 0.15) is 17.7 Å². The van der Waals surface area contributed by atoms with Crippen molar-refractivity contribution < 1.29 is 14.2 Å². The summed E-state index contributed by atoms with van der Waals surface area (Å²) < 4.78 is 20.3. The molecule has 5 heterocycles. The Morgan fingerprint density at radius 2 is 1.88 bits per heavy atom. The average molecular weight is 573 g/mol. The van der Waals surface area contributed by atoms with E-state index in [-0.39, 0.29) is 11.2 Å². The second-order valence-corrected chi connectivity index (χ2v) is 13.5. The molecule has 8 nitrogen and oxygen atoms in total. The normalized spacial score (nSPS) is 26.6. The van der Waals surface area contributed by atoms with Crippen molar-refractivity contribution in [2.75, 3.05) is 55.7 Å². The maximum Gasteiger partial charge on any atom is 0.318 e. The van der Waals surface area contributed by atoms with Crippen molar-refractivity contribution in [3.63, 3.8) is 0 Å². The van der Waals surface area contributed by atoms with Crippen LogP contribution >= 0.6 is 0 Å². The van der Waals surface area contributed by atoms with E-state index in [0.29, 0.717) is 44.2 Å². The van der Waals surface area contributed by atoms with Gasteiger partial charge >= 0.3 is 6.01 Å². The number of hydrogen-bond donors (Lipinski definition) is 2. The van der Waals surface area contributed by atoms with Gasteiger partial charge in [-0.05, 0) is 62.5 Å². The molecule has 222 valence electrons. The second kappa shape index (κ2) is 10.2. The molecule has 1 aromatic heterocycles. The first kappa shape index (κ1) is 26.5. The number of benzene rings is 2. The number of phenols is 1. The zero-order valence-electron chi connectivity index (χ0n) is 24.5. The quantitative estimate of drug-likeness (QED) is 0.433. The highest BCUT2D eigenvalue weighted by Gasteiger charge is 2.46. The zero-order chi connectivity index (χ0) is 28.4. The summed E-state index contributed by atoms with van der Waals surface area (Å²) in [4.78, 5) is 17.2. The standard InChI is InChI=1S/C33H41FN6O2/c1-21-3-2-4-22-13-26(41)14-29(30(21)22)39-12-8-27-28(18-39)36-32(37-31(27)40-16-24-5-6-25(17-40)35-24)42-20-33(9-10-33)19-38-11-7-23(34)15-38/h2-4,13-14,23-25,35,41H,5-12,15-20H2,1H3. The molecule has 2 bridgehead atoms. The number of rotatable bonds is 7. The predicted octanol–water partition coefficient (Wildman–Crippen LogP) is 4.35. The van der Waals surface area contributed by atoms with Crippen molar-refractivity contribution in [1.29, 1.82) is 0 Å². The van der Waals surface area contributed by atoms with Crippen LogP contribution < -0.4 is 19.9 Å². The van der Waals surface area contributed by atoms with E-state index < -0.39 is 6.17 Å². The molecular formula is C33H41FN6O2. The van der Waals surface area contributed by atoms with Crippen LogP contribution in [0.15, 0.2) is 30.3 Å². The minimum absolute atomic E-state index is 0.0850. The van der Waals surface area contributed by atoms with Gasteiger partial charge in [0, 0.05) is 79.5 Å². The number of hydrogen-bond acceptors (Lipinski definition) is 8. The fraction of sp³-hybridized carbons (Fsp3) is 0.576. The highest BCUT2D eigenvalue weighted by molar-refractivity contribution is 5.98. The molecule has 3 atom stereocenters. The van der Waals surface area contributed by atoms with Crippen molar-refractivity contribution in [1.82, 2.24) is 20.2 Å². The first-order chi connectivity index (χ1) is 20.4. The largest absolute Gasteiger partial charge is 0.508 e. The van der Waals surface area contributed by atoms with E-state index in [2.05, 4.69) is 39.1 Å². The van der Waals surface area contributed by atoms with Crippen molar-refractivity contribution >= 4 is 22.3 Å². The van der Waals surface area contributed by atoms with Crippen LogP contribution in [0.2, 0.25) is 0 Å². The highest BCUT2D eigenvalue weighted by Crippen LogP contribution is 2.47. The first-order valence-electron chi connectivity index (χ1n) is 15.8. The van der Waals surface area contributed by atoms with Crippen LogP contribution in [-0.4, -0.2) is 84.1 Å². The van der Waals surface area contributed by atoms with Gasteiger partial charge in [-0.3, -0.25) is 4.90 Å². The maximum absolute atomic E-state index is 13.8. The van der Waals surface area contributed by atoms with E-state index in [9.17, 15) is 9.50 Å². The number of piperazine rings is 1. The molecular weight excluding hydrogens is 531 g/mol. The smallest absolute Gasteiger partial charge is 0.318 e. The lowest BCUT2D eigenvalue weighted by Crippen LogP contribution is -2.52. The van der Waals surface area contributed by atoms with Crippen LogP contribution in [0, 0.1) is 12.3 Å². The van der Waals surface area contributed by atoms with E-state index in [4.69, 9.17) is 14.7 Å². The Kier molecular flexibility index (Phi) is 6.44. The summed E-state index contributed by atoms with van der Waals surface area (Å²) >= 11 is 0. The van der Waals surface area contributed by atoms with Crippen LogP contribution in [0.4, 0.5) is 15.9 Å². The number of likely N-dealkylation sites (tertiary alicyclic amines) is 1. The number of anilines is 2. The third-order valence-electron chi connectivity index (χ3n) is 10.3. The molecule has 4 fully saturated rings. The topological polar surface area (TPSA) is 77.0 Å². The molecule has 9 heteroatoms. The van der Waals surface area contributed by atoms with Crippen molar-refractivity contribution in [3.05, 3.63) is 47.2 Å². The maximum atomic E-state index is 13.8. The molecule has 1 aliphatic carbocycles. The highest BCUT2D eigenvalue weighted by atomic mass is 19.1. The van der Waals surface area contributed by atoms with E-state index in [0.717, 1.165) is 74.6 Å². The fourth-order valence-corrected chi connectivity index (χ4v) is 7.86. The number of ether oxygens (including phenoxy) is 1. The molecule has 3 unspecified atom stereocenters. The van der Waals surface area contributed by atoms with Gasteiger partial charge in [0.15, 0.2) is 0 Å². The lowest BCUT2D eigenvalue weighted by molar-refractivity contribution is 0.164. The lowest BCUT2D eigenvalue weighted by atomic mass is 9.99. The Balaban J connectivity index is 1.10. The number of fused-ring (bicyclic) bond motifs is 4. The molecule has 3 saturated heterocycles. The Morgan fingerprint density at radius 1 is 1.05 bits per heavy atom. The molecule has 3 aromatic rings. The monoisotopic (exact) mass is 572 g/mol. The van der Waals surface area contributed by atoms with Crippen molar-refractivity contribution in [2.24, 2.45) is 5.41 Å². The Labute approximate surface area is 246 Å².